The second-order valence-electron chi connectivity index (χ2n) is 21.7. The molecule has 0 aliphatic carbocycles. The summed E-state index contributed by atoms with van der Waals surface area (Å²) >= 11 is 0. The molecule has 0 bridgehead atoms. The highest BCUT2D eigenvalue weighted by molar-refractivity contribution is 5.76. The Balaban J connectivity index is 3.41. The summed E-state index contributed by atoms with van der Waals surface area (Å²) in [5, 5.41) is 23.3. The smallest absolute Gasteiger partial charge is 0.305 e. The van der Waals surface area contributed by atoms with Gasteiger partial charge in [0.15, 0.2) is 0 Å². The third-order valence-corrected chi connectivity index (χ3v) is 14.7. The molecular formula is C65H123NO5. The monoisotopic (exact) mass is 998 g/mol. The van der Waals surface area contributed by atoms with Crippen molar-refractivity contribution >= 4 is 11.9 Å². The standard InChI is InChI=1S/C65H123NO5/c1-3-5-7-9-11-13-15-17-35-39-43-47-51-55-59-65(70)71-60-56-52-48-44-40-36-32-30-28-26-24-22-20-18-19-21-23-25-27-29-31-34-38-42-46-50-54-58-64(69)66-62(61-67)63(68)57-53-49-45-41-37-33-16-14-12-10-8-6-4-2/h15,17-19,22,24,62-63,67-68H,3-14,16,20-21,23,25-61H2,1-2H3,(H,66,69)/b17-15-,19-18-,24-22-. The van der Waals surface area contributed by atoms with E-state index in [9.17, 15) is 19.8 Å². The first-order valence-corrected chi connectivity index (χ1v) is 31.7. The summed E-state index contributed by atoms with van der Waals surface area (Å²) < 4.78 is 5.47. The number of hydrogen-bond acceptors (Lipinski definition) is 5. The topological polar surface area (TPSA) is 95.9 Å². The van der Waals surface area contributed by atoms with Crippen LogP contribution in [-0.4, -0.2) is 47.4 Å². The second kappa shape index (κ2) is 60.6. The van der Waals surface area contributed by atoms with Crippen LogP contribution < -0.4 is 5.32 Å². The van der Waals surface area contributed by atoms with Crippen LogP contribution >= 0.6 is 0 Å². The molecule has 0 aliphatic rings. The van der Waals surface area contributed by atoms with Crippen molar-refractivity contribution in [3.8, 4) is 0 Å². The van der Waals surface area contributed by atoms with E-state index in [1.165, 1.54) is 257 Å². The summed E-state index contributed by atoms with van der Waals surface area (Å²) in [6, 6.07) is -0.543. The van der Waals surface area contributed by atoms with Crippen LogP contribution in [0.3, 0.4) is 0 Å². The van der Waals surface area contributed by atoms with Crippen molar-refractivity contribution in [2.45, 2.75) is 353 Å². The third-order valence-electron chi connectivity index (χ3n) is 14.7. The van der Waals surface area contributed by atoms with Gasteiger partial charge in [0.2, 0.25) is 5.91 Å². The van der Waals surface area contributed by atoms with Crippen LogP contribution in [-0.2, 0) is 14.3 Å². The normalized spacial score (nSPS) is 12.8. The molecule has 0 saturated heterocycles. The molecule has 3 N–H and O–H groups in total. The minimum atomic E-state index is -0.666. The zero-order chi connectivity index (χ0) is 51.4. The SMILES string of the molecule is CCCCCCC/C=C\CCCCCCCC(=O)OCCCCCCCCCCC/C=C\C/C=C\CCCCCCCCCCCCCC(=O)NC(CO)C(O)CCCCCCCCCCCCCCC. The number of allylic oxidation sites excluding steroid dienone is 6. The van der Waals surface area contributed by atoms with E-state index >= 15 is 0 Å². The Bertz CT molecular complexity index is 1150. The van der Waals surface area contributed by atoms with E-state index in [2.05, 4.69) is 55.6 Å². The number of aliphatic hydroxyl groups is 2. The molecule has 0 saturated carbocycles. The van der Waals surface area contributed by atoms with E-state index in [1.807, 2.05) is 0 Å². The van der Waals surface area contributed by atoms with Gasteiger partial charge in [0.25, 0.3) is 0 Å². The van der Waals surface area contributed by atoms with Crippen LogP contribution in [0, 0.1) is 0 Å². The molecule has 0 fully saturated rings. The lowest BCUT2D eigenvalue weighted by atomic mass is 10.0. The van der Waals surface area contributed by atoms with Gasteiger partial charge in [-0.15, -0.1) is 0 Å². The van der Waals surface area contributed by atoms with Crippen LogP contribution in [0.5, 0.6) is 0 Å². The lowest BCUT2D eigenvalue weighted by molar-refractivity contribution is -0.143. The highest BCUT2D eigenvalue weighted by Gasteiger charge is 2.20. The van der Waals surface area contributed by atoms with E-state index in [1.54, 1.807) is 0 Å². The number of esters is 1. The minimum absolute atomic E-state index is 0.00209. The molecular weight excluding hydrogens is 875 g/mol. The molecule has 0 aromatic heterocycles. The van der Waals surface area contributed by atoms with Crippen LogP contribution in [0.15, 0.2) is 36.5 Å². The zero-order valence-electron chi connectivity index (χ0n) is 47.7. The summed E-state index contributed by atoms with van der Waals surface area (Å²) in [5.74, 6) is -0.0354. The van der Waals surface area contributed by atoms with Gasteiger partial charge in [-0.3, -0.25) is 9.59 Å². The molecule has 0 aromatic carbocycles. The van der Waals surface area contributed by atoms with Crippen LogP contribution in [0.25, 0.3) is 0 Å². The first-order valence-electron chi connectivity index (χ1n) is 31.7. The van der Waals surface area contributed by atoms with Gasteiger partial charge in [0, 0.05) is 12.8 Å². The van der Waals surface area contributed by atoms with E-state index in [0.29, 0.717) is 25.9 Å². The van der Waals surface area contributed by atoms with Gasteiger partial charge >= 0.3 is 5.97 Å². The van der Waals surface area contributed by atoms with Crippen molar-refractivity contribution in [3.05, 3.63) is 36.5 Å². The van der Waals surface area contributed by atoms with Gasteiger partial charge in [-0.1, -0.05) is 281 Å². The van der Waals surface area contributed by atoms with Gasteiger partial charge in [-0.2, -0.15) is 0 Å². The molecule has 6 heteroatoms. The Morgan fingerprint density at radius 3 is 1.08 bits per heavy atom. The molecule has 418 valence electrons. The van der Waals surface area contributed by atoms with Gasteiger partial charge in [0.1, 0.15) is 0 Å². The fourth-order valence-corrected chi connectivity index (χ4v) is 9.78. The zero-order valence-corrected chi connectivity index (χ0v) is 47.7. The van der Waals surface area contributed by atoms with Gasteiger partial charge in [-0.05, 0) is 83.5 Å². The summed E-state index contributed by atoms with van der Waals surface area (Å²) in [4.78, 5) is 24.5. The summed E-state index contributed by atoms with van der Waals surface area (Å²) in [6.07, 6.45) is 75.9. The number of carbonyl (C=O) groups is 2. The predicted octanol–water partition coefficient (Wildman–Crippen LogP) is 20.0. The lowest BCUT2D eigenvalue weighted by Gasteiger charge is -2.22. The number of ether oxygens (including phenoxy) is 1. The molecule has 0 aromatic rings. The average molecular weight is 999 g/mol. The highest BCUT2D eigenvalue weighted by atomic mass is 16.5. The highest BCUT2D eigenvalue weighted by Crippen LogP contribution is 2.17. The molecule has 0 radical (unpaired) electrons. The van der Waals surface area contributed by atoms with E-state index < -0.39 is 12.1 Å². The molecule has 6 nitrogen and oxygen atoms in total. The molecule has 0 spiro atoms. The predicted molar refractivity (Wildman–Crippen MR) is 310 cm³/mol. The van der Waals surface area contributed by atoms with E-state index in [-0.39, 0.29) is 18.5 Å². The molecule has 1 amide bonds. The number of hydrogen-bond donors (Lipinski definition) is 3. The Morgan fingerprint density at radius 1 is 0.394 bits per heavy atom. The Labute approximate surface area is 443 Å². The van der Waals surface area contributed by atoms with Crippen LogP contribution in [0.1, 0.15) is 341 Å². The third kappa shape index (κ3) is 57.2. The molecule has 0 rings (SSSR count). The van der Waals surface area contributed by atoms with Crippen molar-refractivity contribution in [1.82, 2.24) is 5.32 Å². The first kappa shape index (κ1) is 69.1. The maximum absolute atomic E-state index is 12.5. The summed E-state index contributed by atoms with van der Waals surface area (Å²) in [5.41, 5.74) is 0. The van der Waals surface area contributed by atoms with Crippen molar-refractivity contribution in [3.63, 3.8) is 0 Å². The summed E-state index contributed by atoms with van der Waals surface area (Å²) in [6.45, 7) is 4.95. The minimum Gasteiger partial charge on any atom is -0.466 e. The van der Waals surface area contributed by atoms with Gasteiger partial charge in [0.05, 0.1) is 25.4 Å². The Hall–Kier alpha value is -1.92. The Kier molecular flexibility index (Phi) is 59.0. The molecule has 0 heterocycles. The maximum atomic E-state index is 12.5. The van der Waals surface area contributed by atoms with Crippen molar-refractivity contribution < 1.29 is 24.5 Å². The number of unbranched alkanes of at least 4 members (excludes halogenated alkanes) is 42. The molecule has 2 unspecified atom stereocenters. The second-order valence-corrected chi connectivity index (χ2v) is 21.7. The lowest BCUT2D eigenvalue weighted by Crippen LogP contribution is -2.45. The number of aliphatic hydroxyl groups excluding tert-OH is 2. The van der Waals surface area contributed by atoms with Crippen LogP contribution in [0.2, 0.25) is 0 Å². The molecule has 2 atom stereocenters. The largest absolute Gasteiger partial charge is 0.466 e. The fraction of sp³-hybridized carbons (Fsp3) is 0.877. The van der Waals surface area contributed by atoms with Gasteiger partial charge < -0.3 is 20.3 Å². The van der Waals surface area contributed by atoms with Crippen molar-refractivity contribution in [2.75, 3.05) is 13.2 Å². The van der Waals surface area contributed by atoms with Crippen molar-refractivity contribution in [2.24, 2.45) is 0 Å². The van der Waals surface area contributed by atoms with Crippen LogP contribution in [0.4, 0.5) is 0 Å². The summed E-state index contributed by atoms with van der Waals surface area (Å²) in [7, 11) is 0. The number of rotatable bonds is 59. The van der Waals surface area contributed by atoms with Crippen molar-refractivity contribution in [1.29, 1.82) is 0 Å². The van der Waals surface area contributed by atoms with Gasteiger partial charge in [-0.25, -0.2) is 0 Å². The molecule has 0 aliphatic heterocycles. The van der Waals surface area contributed by atoms with E-state index in [4.69, 9.17) is 4.74 Å². The maximum Gasteiger partial charge on any atom is 0.305 e. The number of amides is 1. The quantitative estimate of drug-likeness (QED) is 0.0321. The fourth-order valence-electron chi connectivity index (χ4n) is 9.78. The number of nitrogens with one attached hydrogen (secondary N) is 1. The number of carbonyl (C=O) groups excluding carboxylic acids is 2. The molecule has 71 heavy (non-hydrogen) atoms. The Morgan fingerprint density at radius 2 is 0.704 bits per heavy atom. The first-order chi connectivity index (χ1) is 35.0. The average Bonchev–Trinajstić information content (AvgIpc) is 3.37. The van der Waals surface area contributed by atoms with E-state index in [0.717, 1.165) is 51.4 Å².